The van der Waals surface area contributed by atoms with Gasteiger partial charge in [-0.3, -0.25) is 4.79 Å². The Morgan fingerprint density at radius 2 is 2.00 bits per heavy atom. The van der Waals surface area contributed by atoms with Gasteiger partial charge in [0, 0.05) is 12.0 Å². The number of carboxylic acids is 1. The standard InChI is InChI=1S/C14H11ClF3NO3/c15-10-3-1-7(14(16,17)18)5-9(10)12-4-2-8(22-12)6-11(19)13(20)21/h1-5,11H,6,19H2,(H,20,21). The highest BCUT2D eigenvalue weighted by Crippen LogP contribution is 2.36. The van der Waals surface area contributed by atoms with Crippen LogP contribution in [0, 0.1) is 0 Å². The van der Waals surface area contributed by atoms with Crippen molar-refractivity contribution in [2.45, 2.75) is 18.6 Å². The van der Waals surface area contributed by atoms with Crippen LogP contribution in [0.15, 0.2) is 34.7 Å². The van der Waals surface area contributed by atoms with Crippen LogP contribution in [-0.2, 0) is 17.4 Å². The third-order valence-electron chi connectivity index (χ3n) is 2.96. The largest absolute Gasteiger partial charge is 0.480 e. The number of aliphatic carboxylic acids is 1. The Labute approximate surface area is 128 Å². The fourth-order valence-electron chi connectivity index (χ4n) is 1.83. The van der Waals surface area contributed by atoms with Crippen LogP contribution in [0.25, 0.3) is 11.3 Å². The molecule has 1 heterocycles. The first-order chi connectivity index (χ1) is 10.2. The van der Waals surface area contributed by atoms with E-state index in [9.17, 15) is 18.0 Å². The van der Waals surface area contributed by atoms with E-state index in [2.05, 4.69) is 0 Å². The second kappa shape index (κ2) is 6.02. The molecule has 0 bridgehead atoms. The molecule has 118 valence electrons. The van der Waals surface area contributed by atoms with Gasteiger partial charge in [0.15, 0.2) is 0 Å². The molecule has 2 aromatic rings. The third kappa shape index (κ3) is 3.61. The highest BCUT2D eigenvalue weighted by molar-refractivity contribution is 6.33. The molecule has 0 saturated heterocycles. The van der Waals surface area contributed by atoms with Gasteiger partial charge in [0.05, 0.1) is 10.6 Å². The number of alkyl halides is 3. The molecule has 0 aliphatic carbocycles. The Kier molecular flexibility index (Phi) is 4.48. The van der Waals surface area contributed by atoms with Gasteiger partial charge in [0.1, 0.15) is 17.6 Å². The average Bonchev–Trinajstić information content (AvgIpc) is 2.86. The molecule has 1 unspecified atom stereocenters. The van der Waals surface area contributed by atoms with Gasteiger partial charge in [-0.2, -0.15) is 13.2 Å². The van der Waals surface area contributed by atoms with E-state index in [1.165, 1.54) is 12.1 Å². The minimum absolute atomic E-state index is 0.0756. The van der Waals surface area contributed by atoms with E-state index in [1.807, 2.05) is 0 Å². The molecule has 0 aliphatic rings. The van der Waals surface area contributed by atoms with Crippen molar-refractivity contribution in [3.8, 4) is 11.3 Å². The van der Waals surface area contributed by atoms with Crippen molar-refractivity contribution in [1.82, 2.24) is 0 Å². The van der Waals surface area contributed by atoms with E-state index in [1.54, 1.807) is 0 Å². The third-order valence-corrected chi connectivity index (χ3v) is 3.29. The summed E-state index contributed by atoms with van der Waals surface area (Å²) in [5.41, 5.74) is 4.59. The first-order valence-electron chi connectivity index (χ1n) is 6.12. The van der Waals surface area contributed by atoms with Gasteiger partial charge in [-0.15, -0.1) is 0 Å². The lowest BCUT2D eigenvalue weighted by atomic mass is 10.1. The van der Waals surface area contributed by atoms with E-state index < -0.39 is 23.8 Å². The van der Waals surface area contributed by atoms with Crippen molar-refractivity contribution in [3.63, 3.8) is 0 Å². The summed E-state index contributed by atoms with van der Waals surface area (Å²) in [5.74, 6) is -0.836. The normalized spacial score (nSPS) is 13.1. The predicted molar refractivity (Wildman–Crippen MR) is 73.5 cm³/mol. The molecule has 22 heavy (non-hydrogen) atoms. The Morgan fingerprint density at radius 3 is 2.59 bits per heavy atom. The van der Waals surface area contributed by atoms with Gasteiger partial charge in [-0.25, -0.2) is 0 Å². The van der Waals surface area contributed by atoms with Crippen molar-refractivity contribution in [3.05, 3.63) is 46.7 Å². The first kappa shape index (κ1) is 16.4. The summed E-state index contributed by atoms with van der Waals surface area (Å²) < 4.78 is 43.5. The van der Waals surface area contributed by atoms with Gasteiger partial charge >= 0.3 is 12.1 Å². The molecule has 0 radical (unpaired) electrons. The Hall–Kier alpha value is -1.99. The number of hydrogen-bond acceptors (Lipinski definition) is 3. The lowest BCUT2D eigenvalue weighted by Crippen LogP contribution is -2.32. The van der Waals surface area contributed by atoms with Crippen LogP contribution in [0.1, 0.15) is 11.3 Å². The number of carboxylic acid groups (broad SMARTS) is 1. The summed E-state index contributed by atoms with van der Waals surface area (Å²) in [6.07, 6.45) is -4.58. The summed E-state index contributed by atoms with van der Waals surface area (Å²) in [7, 11) is 0. The average molecular weight is 334 g/mol. The summed E-state index contributed by atoms with van der Waals surface area (Å²) in [4.78, 5) is 10.7. The quantitative estimate of drug-likeness (QED) is 0.896. The topological polar surface area (TPSA) is 76.5 Å². The lowest BCUT2D eigenvalue weighted by molar-refractivity contribution is -0.139. The molecule has 4 nitrogen and oxygen atoms in total. The molecular weight excluding hydrogens is 323 g/mol. The summed E-state index contributed by atoms with van der Waals surface area (Å²) >= 11 is 5.90. The molecule has 1 aromatic carbocycles. The molecule has 0 amide bonds. The molecule has 3 N–H and O–H groups in total. The lowest BCUT2D eigenvalue weighted by Gasteiger charge is -2.09. The van der Waals surface area contributed by atoms with E-state index in [0.717, 1.165) is 18.2 Å². The number of rotatable bonds is 4. The van der Waals surface area contributed by atoms with Gasteiger partial charge in [0.25, 0.3) is 0 Å². The molecule has 0 aliphatic heterocycles. The van der Waals surface area contributed by atoms with Crippen LogP contribution in [0.2, 0.25) is 5.02 Å². The monoisotopic (exact) mass is 333 g/mol. The maximum Gasteiger partial charge on any atom is 0.416 e. The van der Waals surface area contributed by atoms with Crippen molar-refractivity contribution >= 4 is 17.6 Å². The first-order valence-corrected chi connectivity index (χ1v) is 6.50. The van der Waals surface area contributed by atoms with Crippen LogP contribution >= 0.6 is 11.6 Å². The minimum atomic E-state index is -4.50. The summed E-state index contributed by atoms with van der Waals surface area (Å²) in [5, 5.41) is 8.82. The molecule has 0 saturated carbocycles. The Morgan fingerprint density at radius 1 is 1.32 bits per heavy atom. The van der Waals surface area contributed by atoms with Gasteiger partial charge in [-0.05, 0) is 30.3 Å². The van der Waals surface area contributed by atoms with Gasteiger partial charge < -0.3 is 15.3 Å². The van der Waals surface area contributed by atoms with Crippen molar-refractivity contribution < 1.29 is 27.5 Å². The SMILES string of the molecule is NC(Cc1ccc(-c2cc(C(F)(F)F)ccc2Cl)o1)C(=O)O. The van der Waals surface area contributed by atoms with E-state index in [0.29, 0.717) is 0 Å². The van der Waals surface area contributed by atoms with Gasteiger partial charge in [-0.1, -0.05) is 11.6 Å². The number of carbonyl (C=O) groups is 1. The number of benzene rings is 1. The molecule has 1 atom stereocenters. The van der Waals surface area contributed by atoms with Crippen molar-refractivity contribution in [2.75, 3.05) is 0 Å². The Bertz CT molecular complexity index is 697. The maximum absolute atomic E-state index is 12.7. The minimum Gasteiger partial charge on any atom is -0.480 e. The van der Waals surface area contributed by atoms with Crippen LogP contribution in [-0.4, -0.2) is 17.1 Å². The molecular formula is C14H11ClF3NO3. The van der Waals surface area contributed by atoms with E-state index in [4.69, 9.17) is 26.9 Å². The Balaban J connectivity index is 2.33. The molecule has 8 heteroatoms. The van der Waals surface area contributed by atoms with Crippen LogP contribution < -0.4 is 5.73 Å². The highest BCUT2D eigenvalue weighted by Gasteiger charge is 2.31. The van der Waals surface area contributed by atoms with Crippen molar-refractivity contribution in [2.24, 2.45) is 5.73 Å². The van der Waals surface area contributed by atoms with E-state index >= 15 is 0 Å². The smallest absolute Gasteiger partial charge is 0.416 e. The molecule has 1 aromatic heterocycles. The molecule has 0 spiro atoms. The number of nitrogens with two attached hydrogens (primary N) is 1. The zero-order chi connectivity index (χ0) is 16.5. The number of hydrogen-bond donors (Lipinski definition) is 2. The summed E-state index contributed by atoms with van der Waals surface area (Å²) in [6.45, 7) is 0. The van der Waals surface area contributed by atoms with Crippen LogP contribution in [0.3, 0.4) is 0 Å². The van der Waals surface area contributed by atoms with Crippen molar-refractivity contribution in [1.29, 1.82) is 0 Å². The number of furan rings is 1. The second-order valence-electron chi connectivity index (χ2n) is 4.61. The molecule has 0 fully saturated rings. The highest BCUT2D eigenvalue weighted by atomic mass is 35.5. The van der Waals surface area contributed by atoms with Crippen LogP contribution in [0.4, 0.5) is 13.2 Å². The fraction of sp³-hybridized carbons (Fsp3) is 0.214. The maximum atomic E-state index is 12.7. The second-order valence-corrected chi connectivity index (χ2v) is 5.01. The van der Waals surface area contributed by atoms with E-state index in [-0.39, 0.29) is 28.5 Å². The van der Waals surface area contributed by atoms with Crippen LogP contribution in [0.5, 0.6) is 0 Å². The predicted octanol–water partition coefficient (Wildman–Crippen LogP) is 3.57. The number of halogens is 4. The summed E-state index contributed by atoms with van der Waals surface area (Å²) in [6, 6.07) is 4.60. The zero-order valence-electron chi connectivity index (χ0n) is 11.0. The van der Waals surface area contributed by atoms with Gasteiger partial charge in [0.2, 0.25) is 0 Å². The zero-order valence-corrected chi connectivity index (χ0v) is 11.8. The molecule has 2 rings (SSSR count). The fourth-order valence-corrected chi connectivity index (χ4v) is 2.04.